The smallest absolute Gasteiger partial charge is 0.258 e. The fraction of sp³-hybridized carbons (Fsp3) is 0.529. The number of amides is 1. The van der Waals surface area contributed by atoms with Crippen molar-refractivity contribution >= 4 is 11.7 Å². The number of hydrogen-bond acceptors (Lipinski definition) is 4. The van der Waals surface area contributed by atoms with E-state index in [-0.39, 0.29) is 18.3 Å². The van der Waals surface area contributed by atoms with Crippen molar-refractivity contribution in [2.24, 2.45) is 0 Å². The number of aliphatic hydroxyl groups excluding tert-OH is 1. The Hall–Kier alpha value is -1.88. The first-order valence-corrected chi connectivity index (χ1v) is 7.70. The molecule has 0 atom stereocenters. The largest absolute Gasteiger partial charge is 0.496 e. The zero-order valence-corrected chi connectivity index (χ0v) is 13.6. The molecule has 122 valence electrons. The van der Waals surface area contributed by atoms with Crippen molar-refractivity contribution in [2.75, 3.05) is 26.8 Å². The molecule has 0 spiro atoms. The Labute approximate surface area is 131 Å². The predicted octanol–water partition coefficient (Wildman–Crippen LogP) is 2.52. The van der Waals surface area contributed by atoms with E-state index in [0.717, 1.165) is 0 Å². The highest BCUT2D eigenvalue weighted by molar-refractivity contribution is 6.09. The van der Waals surface area contributed by atoms with Gasteiger partial charge >= 0.3 is 0 Å². The maximum atomic E-state index is 12.7. The first kappa shape index (κ1) is 18.2. The summed E-state index contributed by atoms with van der Waals surface area (Å²) in [4.78, 5) is 26.8. The lowest BCUT2D eigenvalue weighted by molar-refractivity contribution is 0.0763. The molecule has 1 amide bonds. The Morgan fingerprint density at radius 2 is 1.86 bits per heavy atom. The van der Waals surface area contributed by atoms with Gasteiger partial charge in [0.1, 0.15) is 5.75 Å². The molecule has 0 aliphatic heterocycles. The van der Waals surface area contributed by atoms with E-state index in [2.05, 4.69) is 0 Å². The average molecular weight is 307 g/mol. The number of unbranched alkanes of at least 4 members (excludes halogenated alkanes) is 1. The minimum absolute atomic E-state index is 0.0661. The zero-order chi connectivity index (χ0) is 16.5. The third kappa shape index (κ3) is 4.31. The summed E-state index contributed by atoms with van der Waals surface area (Å²) in [6, 6.07) is 5.08. The molecule has 0 heterocycles. The number of ether oxygens (including phenoxy) is 1. The van der Waals surface area contributed by atoms with Gasteiger partial charge in [-0.2, -0.15) is 0 Å². The summed E-state index contributed by atoms with van der Waals surface area (Å²) in [6.07, 6.45) is 1.49. The van der Waals surface area contributed by atoms with Gasteiger partial charge in [0.05, 0.1) is 12.7 Å². The molecule has 0 saturated carbocycles. The summed E-state index contributed by atoms with van der Waals surface area (Å²) in [7, 11) is 1.49. The minimum atomic E-state index is -0.187. The van der Waals surface area contributed by atoms with Gasteiger partial charge in [-0.25, -0.2) is 0 Å². The summed E-state index contributed by atoms with van der Waals surface area (Å²) in [6.45, 7) is 5.02. The van der Waals surface area contributed by atoms with Gasteiger partial charge in [-0.15, -0.1) is 0 Å². The van der Waals surface area contributed by atoms with Crippen LogP contribution in [0.1, 0.15) is 53.8 Å². The molecule has 1 N–H and O–H groups in total. The van der Waals surface area contributed by atoms with Crippen LogP contribution in [0.3, 0.4) is 0 Å². The van der Waals surface area contributed by atoms with Crippen LogP contribution in [0.4, 0.5) is 0 Å². The standard InChI is InChI=1S/C17H25NO4/c1-4-18(5-2)17(21)16-13(9-8-11-15(16)22-3)14(20)10-6-7-12-19/h8-9,11,19H,4-7,10,12H2,1-3H3. The van der Waals surface area contributed by atoms with Gasteiger partial charge in [0.2, 0.25) is 0 Å². The highest BCUT2D eigenvalue weighted by Gasteiger charge is 2.24. The van der Waals surface area contributed by atoms with E-state index >= 15 is 0 Å². The lowest BCUT2D eigenvalue weighted by atomic mass is 9.98. The first-order chi connectivity index (χ1) is 10.6. The fourth-order valence-corrected chi connectivity index (χ4v) is 2.36. The van der Waals surface area contributed by atoms with Crippen LogP contribution >= 0.6 is 0 Å². The Morgan fingerprint density at radius 3 is 2.41 bits per heavy atom. The number of Topliss-reactive ketones (excluding diaryl/α,β-unsaturated/α-hetero) is 1. The van der Waals surface area contributed by atoms with Gasteiger partial charge < -0.3 is 14.7 Å². The molecule has 0 bridgehead atoms. The van der Waals surface area contributed by atoms with Gasteiger partial charge in [-0.05, 0) is 32.8 Å². The molecule has 0 radical (unpaired) electrons. The van der Waals surface area contributed by atoms with Crippen LogP contribution in [0.5, 0.6) is 5.75 Å². The van der Waals surface area contributed by atoms with Crippen LogP contribution in [0, 0.1) is 0 Å². The summed E-state index contributed by atoms with van der Waals surface area (Å²) >= 11 is 0. The second kappa shape index (κ2) is 9.20. The molecule has 5 nitrogen and oxygen atoms in total. The van der Waals surface area contributed by atoms with Crippen molar-refractivity contribution in [2.45, 2.75) is 33.1 Å². The molecule has 0 aliphatic carbocycles. The number of methoxy groups -OCH3 is 1. The Balaban J connectivity index is 3.17. The number of rotatable bonds is 9. The lowest BCUT2D eigenvalue weighted by Gasteiger charge is -2.21. The summed E-state index contributed by atoms with van der Waals surface area (Å²) in [5, 5.41) is 8.82. The van der Waals surface area contributed by atoms with Gasteiger partial charge in [-0.3, -0.25) is 9.59 Å². The van der Waals surface area contributed by atoms with Gasteiger partial charge in [-0.1, -0.05) is 12.1 Å². The Morgan fingerprint density at radius 1 is 1.18 bits per heavy atom. The Bertz CT molecular complexity index is 509. The van der Waals surface area contributed by atoms with Crippen molar-refractivity contribution in [1.29, 1.82) is 0 Å². The zero-order valence-electron chi connectivity index (χ0n) is 13.6. The fourth-order valence-electron chi connectivity index (χ4n) is 2.36. The Kier molecular flexibility index (Phi) is 7.60. The molecular formula is C17H25NO4. The van der Waals surface area contributed by atoms with E-state index in [4.69, 9.17) is 9.84 Å². The van der Waals surface area contributed by atoms with Crippen LogP contribution in [0.25, 0.3) is 0 Å². The van der Waals surface area contributed by atoms with Gasteiger partial charge in [0.15, 0.2) is 5.78 Å². The molecular weight excluding hydrogens is 282 g/mol. The molecule has 0 fully saturated rings. The van der Waals surface area contributed by atoms with Crippen LogP contribution in [-0.4, -0.2) is 48.5 Å². The molecule has 0 saturated heterocycles. The van der Waals surface area contributed by atoms with E-state index in [0.29, 0.717) is 49.2 Å². The number of ketones is 1. The molecule has 1 rings (SSSR count). The summed E-state index contributed by atoms with van der Waals surface area (Å²) in [5.41, 5.74) is 0.733. The third-order valence-corrected chi connectivity index (χ3v) is 3.62. The van der Waals surface area contributed by atoms with Crippen LogP contribution in [0.2, 0.25) is 0 Å². The van der Waals surface area contributed by atoms with E-state index < -0.39 is 0 Å². The second-order valence-corrected chi connectivity index (χ2v) is 4.96. The molecule has 0 aliphatic rings. The van der Waals surface area contributed by atoms with Crippen molar-refractivity contribution in [1.82, 2.24) is 4.90 Å². The van der Waals surface area contributed by atoms with E-state index in [1.165, 1.54) is 7.11 Å². The molecule has 0 aromatic heterocycles. The second-order valence-electron chi connectivity index (χ2n) is 4.96. The number of nitrogens with zero attached hydrogens (tertiary/aromatic N) is 1. The maximum Gasteiger partial charge on any atom is 0.258 e. The van der Waals surface area contributed by atoms with Crippen molar-refractivity contribution < 1.29 is 19.4 Å². The normalized spacial score (nSPS) is 10.4. The SMILES string of the molecule is CCN(CC)C(=O)c1c(OC)cccc1C(=O)CCCCO. The van der Waals surface area contributed by atoms with E-state index in [1.807, 2.05) is 13.8 Å². The van der Waals surface area contributed by atoms with Crippen molar-refractivity contribution in [3.8, 4) is 5.75 Å². The predicted molar refractivity (Wildman–Crippen MR) is 85.5 cm³/mol. The van der Waals surface area contributed by atoms with E-state index in [9.17, 15) is 9.59 Å². The third-order valence-electron chi connectivity index (χ3n) is 3.62. The molecule has 5 heteroatoms. The molecule has 1 aromatic rings. The molecule has 22 heavy (non-hydrogen) atoms. The van der Waals surface area contributed by atoms with Crippen LogP contribution < -0.4 is 4.74 Å². The van der Waals surface area contributed by atoms with Gasteiger partial charge in [0, 0.05) is 31.7 Å². The average Bonchev–Trinajstić information content (AvgIpc) is 2.55. The maximum absolute atomic E-state index is 12.7. The number of benzene rings is 1. The number of carbonyl (C=O) groups excluding carboxylic acids is 2. The summed E-state index contributed by atoms with van der Waals surface area (Å²) < 4.78 is 5.28. The lowest BCUT2D eigenvalue weighted by Crippen LogP contribution is -2.32. The number of aliphatic hydroxyl groups is 1. The van der Waals surface area contributed by atoms with Crippen LogP contribution in [0.15, 0.2) is 18.2 Å². The number of carbonyl (C=O) groups is 2. The first-order valence-electron chi connectivity index (χ1n) is 7.70. The highest BCUT2D eigenvalue weighted by Crippen LogP contribution is 2.25. The minimum Gasteiger partial charge on any atom is -0.496 e. The van der Waals surface area contributed by atoms with Crippen molar-refractivity contribution in [3.63, 3.8) is 0 Å². The summed E-state index contributed by atoms with van der Waals surface area (Å²) in [5.74, 6) is 0.140. The highest BCUT2D eigenvalue weighted by atomic mass is 16.5. The van der Waals surface area contributed by atoms with Crippen LogP contribution in [-0.2, 0) is 0 Å². The number of hydrogen-bond donors (Lipinski definition) is 1. The molecule has 0 unspecified atom stereocenters. The van der Waals surface area contributed by atoms with E-state index in [1.54, 1.807) is 23.1 Å². The monoisotopic (exact) mass is 307 g/mol. The van der Waals surface area contributed by atoms with Gasteiger partial charge in [0.25, 0.3) is 5.91 Å². The quantitative estimate of drug-likeness (QED) is 0.562. The van der Waals surface area contributed by atoms with Crippen molar-refractivity contribution in [3.05, 3.63) is 29.3 Å². The molecule has 1 aromatic carbocycles. The topological polar surface area (TPSA) is 66.8 Å².